The van der Waals surface area contributed by atoms with E-state index in [0.29, 0.717) is 6.04 Å². The Kier molecular flexibility index (Phi) is 4.49. The lowest BCUT2D eigenvalue weighted by Gasteiger charge is -2.19. The fraction of sp³-hybridized carbons (Fsp3) is 0.375. The van der Waals surface area contributed by atoms with Gasteiger partial charge in [0.05, 0.1) is 0 Å². The van der Waals surface area contributed by atoms with Crippen LogP contribution >= 0.6 is 0 Å². The summed E-state index contributed by atoms with van der Waals surface area (Å²) in [4.78, 5) is 0. The number of hydrogen-bond donors (Lipinski definition) is 3. The van der Waals surface area contributed by atoms with Gasteiger partial charge in [0, 0.05) is 28.3 Å². The maximum atomic E-state index is 8.50. The summed E-state index contributed by atoms with van der Waals surface area (Å²) in [5, 5.41) is 22.3. The Bertz CT molecular complexity index is 688. The number of hydrogen-bond acceptors (Lipinski definition) is 2. The van der Waals surface area contributed by atoms with Crippen LogP contribution < -0.4 is 10.6 Å². The van der Waals surface area contributed by atoms with E-state index in [1.54, 1.807) is 6.19 Å². The van der Waals surface area contributed by atoms with Crippen molar-refractivity contribution in [2.75, 3.05) is 5.32 Å². The minimum absolute atomic E-state index is 0.0204. The SMILES string of the molecule is CCC(CC)n1c(C)cc2cc(NC(=N)NC#N)ccc21. The number of nitrogens with zero attached hydrogens (tertiary/aromatic N) is 2. The van der Waals surface area contributed by atoms with Crippen molar-refractivity contribution in [3.05, 3.63) is 30.0 Å². The Morgan fingerprint density at radius 3 is 2.67 bits per heavy atom. The topological polar surface area (TPSA) is 76.6 Å². The Labute approximate surface area is 125 Å². The zero-order chi connectivity index (χ0) is 15.4. The summed E-state index contributed by atoms with van der Waals surface area (Å²) in [6, 6.07) is 8.70. The van der Waals surface area contributed by atoms with Crippen molar-refractivity contribution in [2.45, 2.75) is 39.7 Å². The van der Waals surface area contributed by atoms with E-state index < -0.39 is 0 Å². The number of anilines is 1. The molecule has 5 nitrogen and oxygen atoms in total. The molecule has 1 aromatic carbocycles. The largest absolute Gasteiger partial charge is 0.342 e. The number of guanidine groups is 1. The second-order valence-corrected chi connectivity index (χ2v) is 5.14. The lowest BCUT2D eigenvalue weighted by molar-refractivity contribution is 0.477. The van der Waals surface area contributed by atoms with Gasteiger partial charge in [-0.25, -0.2) is 0 Å². The molecule has 0 aliphatic carbocycles. The Morgan fingerprint density at radius 1 is 1.33 bits per heavy atom. The molecular formula is C16H21N5. The molecule has 0 saturated carbocycles. The van der Waals surface area contributed by atoms with E-state index in [1.807, 2.05) is 12.1 Å². The summed E-state index contributed by atoms with van der Waals surface area (Å²) >= 11 is 0. The second-order valence-electron chi connectivity index (χ2n) is 5.14. The minimum Gasteiger partial charge on any atom is -0.342 e. The summed E-state index contributed by atoms with van der Waals surface area (Å²) in [6.45, 7) is 6.55. The van der Waals surface area contributed by atoms with E-state index in [0.717, 1.165) is 23.9 Å². The highest BCUT2D eigenvalue weighted by Crippen LogP contribution is 2.29. The second kappa shape index (κ2) is 6.31. The first-order chi connectivity index (χ1) is 10.1. The van der Waals surface area contributed by atoms with Crippen LogP contribution in [-0.2, 0) is 0 Å². The van der Waals surface area contributed by atoms with Gasteiger partial charge in [-0.05, 0) is 44.0 Å². The molecule has 21 heavy (non-hydrogen) atoms. The van der Waals surface area contributed by atoms with Crippen molar-refractivity contribution in [1.82, 2.24) is 9.88 Å². The Balaban J connectivity index is 2.38. The molecule has 0 saturated heterocycles. The predicted molar refractivity (Wildman–Crippen MR) is 86.4 cm³/mol. The molecule has 1 aromatic heterocycles. The fourth-order valence-electron chi connectivity index (χ4n) is 2.82. The summed E-state index contributed by atoms with van der Waals surface area (Å²) in [6.07, 6.45) is 3.95. The number of nitrogens with one attached hydrogen (secondary N) is 3. The van der Waals surface area contributed by atoms with Crippen molar-refractivity contribution in [3.8, 4) is 6.19 Å². The van der Waals surface area contributed by atoms with Crippen LogP contribution in [-0.4, -0.2) is 10.5 Å². The summed E-state index contributed by atoms with van der Waals surface area (Å²) in [7, 11) is 0. The van der Waals surface area contributed by atoms with Gasteiger partial charge in [-0.15, -0.1) is 0 Å². The molecular weight excluding hydrogens is 262 g/mol. The first kappa shape index (κ1) is 14.9. The minimum atomic E-state index is -0.0204. The molecule has 110 valence electrons. The average molecular weight is 283 g/mol. The van der Waals surface area contributed by atoms with Crippen LogP contribution in [0.3, 0.4) is 0 Å². The highest BCUT2D eigenvalue weighted by Gasteiger charge is 2.13. The summed E-state index contributed by atoms with van der Waals surface area (Å²) in [5.41, 5.74) is 3.27. The van der Waals surface area contributed by atoms with Gasteiger partial charge in [0.25, 0.3) is 0 Å². The third-order valence-corrected chi connectivity index (χ3v) is 3.79. The van der Waals surface area contributed by atoms with Crippen molar-refractivity contribution >= 4 is 22.5 Å². The van der Waals surface area contributed by atoms with E-state index in [9.17, 15) is 0 Å². The molecule has 2 rings (SSSR count). The lowest BCUT2D eigenvalue weighted by atomic mass is 10.1. The first-order valence-corrected chi connectivity index (χ1v) is 7.23. The zero-order valence-electron chi connectivity index (χ0n) is 12.7. The summed E-state index contributed by atoms with van der Waals surface area (Å²) < 4.78 is 2.39. The number of aromatic nitrogens is 1. The number of fused-ring (bicyclic) bond motifs is 1. The van der Waals surface area contributed by atoms with E-state index in [4.69, 9.17) is 10.7 Å². The maximum absolute atomic E-state index is 8.50. The molecule has 0 atom stereocenters. The highest BCUT2D eigenvalue weighted by atomic mass is 15.1. The smallest absolute Gasteiger partial charge is 0.206 e. The molecule has 0 aliphatic rings. The number of nitriles is 1. The van der Waals surface area contributed by atoms with Gasteiger partial charge < -0.3 is 9.88 Å². The van der Waals surface area contributed by atoms with Gasteiger partial charge in [0.2, 0.25) is 5.96 Å². The van der Waals surface area contributed by atoms with Crippen LogP contribution in [0.5, 0.6) is 0 Å². The van der Waals surface area contributed by atoms with E-state index >= 15 is 0 Å². The number of benzene rings is 1. The van der Waals surface area contributed by atoms with Crippen molar-refractivity contribution in [3.63, 3.8) is 0 Å². The van der Waals surface area contributed by atoms with Crippen molar-refractivity contribution in [2.24, 2.45) is 0 Å². The van der Waals surface area contributed by atoms with Gasteiger partial charge in [0.1, 0.15) is 0 Å². The quantitative estimate of drug-likeness (QED) is 0.346. The molecule has 0 spiro atoms. The predicted octanol–water partition coefficient (Wildman–Crippen LogP) is 3.73. The third-order valence-electron chi connectivity index (χ3n) is 3.79. The monoisotopic (exact) mass is 283 g/mol. The van der Waals surface area contributed by atoms with Gasteiger partial charge in [-0.1, -0.05) is 13.8 Å². The first-order valence-electron chi connectivity index (χ1n) is 7.23. The normalized spacial score (nSPS) is 10.6. The highest BCUT2D eigenvalue weighted by molar-refractivity contribution is 5.95. The molecule has 0 bridgehead atoms. The lowest BCUT2D eigenvalue weighted by Crippen LogP contribution is -2.24. The molecule has 1 heterocycles. The van der Waals surface area contributed by atoms with Crippen molar-refractivity contribution in [1.29, 1.82) is 10.7 Å². The molecule has 0 fully saturated rings. The molecule has 3 N–H and O–H groups in total. The van der Waals surface area contributed by atoms with Crippen LogP contribution in [0.4, 0.5) is 5.69 Å². The van der Waals surface area contributed by atoms with Crippen LogP contribution in [0.25, 0.3) is 10.9 Å². The molecule has 0 amide bonds. The van der Waals surface area contributed by atoms with E-state index in [-0.39, 0.29) is 5.96 Å². The third kappa shape index (κ3) is 3.00. The number of aryl methyl sites for hydroxylation is 1. The molecule has 0 radical (unpaired) electrons. The van der Waals surface area contributed by atoms with Gasteiger partial charge in [-0.3, -0.25) is 10.7 Å². The van der Waals surface area contributed by atoms with Gasteiger partial charge in [-0.2, -0.15) is 5.26 Å². The zero-order valence-corrected chi connectivity index (χ0v) is 12.7. The standard InChI is InChI=1S/C16H21N5/c1-4-14(5-2)21-11(3)8-12-9-13(6-7-15(12)21)20-16(18)19-10-17/h6-9,14H,4-5H2,1-3H3,(H3,18,19,20). The average Bonchev–Trinajstić information content (AvgIpc) is 2.76. The van der Waals surface area contributed by atoms with E-state index in [2.05, 4.69) is 48.1 Å². The molecule has 2 aromatic rings. The molecule has 0 unspecified atom stereocenters. The molecule has 5 heteroatoms. The van der Waals surface area contributed by atoms with Gasteiger partial charge >= 0.3 is 0 Å². The van der Waals surface area contributed by atoms with Crippen LogP contribution in [0.1, 0.15) is 38.4 Å². The van der Waals surface area contributed by atoms with Crippen molar-refractivity contribution < 1.29 is 0 Å². The van der Waals surface area contributed by atoms with Crippen LogP contribution in [0, 0.1) is 23.8 Å². The van der Waals surface area contributed by atoms with E-state index in [1.165, 1.54) is 11.2 Å². The molecule has 0 aliphatic heterocycles. The maximum Gasteiger partial charge on any atom is 0.206 e. The van der Waals surface area contributed by atoms with Crippen LogP contribution in [0.2, 0.25) is 0 Å². The van der Waals surface area contributed by atoms with Crippen LogP contribution in [0.15, 0.2) is 24.3 Å². The Hall–Kier alpha value is -2.48. The summed E-state index contributed by atoms with van der Waals surface area (Å²) in [5.74, 6) is -0.0204. The fourth-order valence-corrected chi connectivity index (χ4v) is 2.82. The number of rotatable bonds is 4. The van der Waals surface area contributed by atoms with Gasteiger partial charge in [0.15, 0.2) is 6.19 Å². The Morgan fingerprint density at radius 2 is 2.05 bits per heavy atom.